The molecule has 0 spiro atoms. The van der Waals surface area contributed by atoms with Crippen LogP contribution in [-0.2, 0) is 19.6 Å². The molecular weight excluding hydrogens is 344 g/mol. The standard InChI is InChI=1S/C17H24N2O5S/c1-11(12-6-8-15(9-7-12)25(18,23)24)19(2)16(20)13-4-3-5-14(10-13)17(21)22/h6-9,11,13-14H,3-5,10H2,1-2H3,(H,21,22)(H2,18,23,24). The second kappa shape index (κ2) is 7.53. The Kier molecular flexibility index (Phi) is 5.84. The zero-order valence-corrected chi connectivity index (χ0v) is 15.2. The molecule has 1 fully saturated rings. The molecule has 0 radical (unpaired) electrons. The molecule has 25 heavy (non-hydrogen) atoms. The topological polar surface area (TPSA) is 118 Å². The average molecular weight is 368 g/mol. The molecule has 1 aromatic rings. The molecular formula is C17H24N2O5S. The molecule has 1 aliphatic rings. The van der Waals surface area contributed by atoms with Gasteiger partial charge in [0.1, 0.15) is 0 Å². The van der Waals surface area contributed by atoms with Crippen molar-refractivity contribution in [1.82, 2.24) is 4.90 Å². The van der Waals surface area contributed by atoms with Gasteiger partial charge >= 0.3 is 5.97 Å². The maximum Gasteiger partial charge on any atom is 0.306 e. The Balaban J connectivity index is 2.09. The van der Waals surface area contributed by atoms with E-state index < -0.39 is 21.9 Å². The van der Waals surface area contributed by atoms with Crippen molar-refractivity contribution in [2.75, 3.05) is 7.05 Å². The van der Waals surface area contributed by atoms with Crippen molar-refractivity contribution in [3.8, 4) is 0 Å². The highest BCUT2D eigenvalue weighted by Crippen LogP contribution is 2.32. The Labute approximate surface area is 147 Å². The average Bonchev–Trinajstić information content (AvgIpc) is 2.59. The number of nitrogens with two attached hydrogens (primary N) is 1. The highest BCUT2D eigenvalue weighted by atomic mass is 32.2. The zero-order valence-electron chi connectivity index (χ0n) is 14.4. The van der Waals surface area contributed by atoms with Gasteiger partial charge in [-0.15, -0.1) is 0 Å². The molecule has 7 nitrogen and oxygen atoms in total. The van der Waals surface area contributed by atoms with Crippen molar-refractivity contribution in [3.05, 3.63) is 29.8 Å². The summed E-state index contributed by atoms with van der Waals surface area (Å²) in [6.07, 6.45) is 2.42. The molecule has 0 aliphatic heterocycles. The highest BCUT2D eigenvalue weighted by Gasteiger charge is 2.33. The van der Waals surface area contributed by atoms with Gasteiger partial charge in [0.25, 0.3) is 0 Å². The first-order chi connectivity index (χ1) is 11.6. The third-order valence-electron chi connectivity index (χ3n) is 4.99. The molecule has 0 heterocycles. The molecule has 1 aromatic carbocycles. The number of amides is 1. The minimum Gasteiger partial charge on any atom is -0.481 e. The monoisotopic (exact) mass is 368 g/mol. The van der Waals surface area contributed by atoms with Crippen molar-refractivity contribution < 1.29 is 23.1 Å². The van der Waals surface area contributed by atoms with Crippen LogP contribution in [0.5, 0.6) is 0 Å². The minimum absolute atomic E-state index is 0.0222. The number of primary sulfonamides is 1. The van der Waals surface area contributed by atoms with Crippen molar-refractivity contribution in [2.45, 2.75) is 43.5 Å². The fourth-order valence-electron chi connectivity index (χ4n) is 3.28. The van der Waals surface area contributed by atoms with Gasteiger partial charge in [0.05, 0.1) is 16.9 Å². The Morgan fingerprint density at radius 3 is 2.28 bits per heavy atom. The minimum atomic E-state index is -3.75. The van der Waals surface area contributed by atoms with Crippen LogP contribution in [-0.4, -0.2) is 37.3 Å². The highest BCUT2D eigenvalue weighted by molar-refractivity contribution is 7.89. The van der Waals surface area contributed by atoms with E-state index >= 15 is 0 Å². The second-order valence-corrected chi connectivity index (χ2v) is 8.20. The largest absolute Gasteiger partial charge is 0.481 e. The van der Waals surface area contributed by atoms with Gasteiger partial charge in [-0.2, -0.15) is 0 Å². The molecule has 1 saturated carbocycles. The first kappa shape index (κ1) is 19.4. The van der Waals surface area contributed by atoms with E-state index in [9.17, 15) is 23.1 Å². The molecule has 1 amide bonds. The van der Waals surface area contributed by atoms with Gasteiger partial charge in [0, 0.05) is 13.0 Å². The van der Waals surface area contributed by atoms with Gasteiger partial charge in [-0.25, -0.2) is 13.6 Å². The number of aliphatic carboxylic acids is 1. The molecule has 3 atom stereocenters. The van der Waals surface area contributed by atoms with Crippen molar-refractivity contribution in [3.63, 3.8) is 0 Å². The molecule has 0 bridgehead atoms. The fourth-order valence-corrected chi connectivity index (χ4v) is 3.79. The van der Waals surface area contributed by atoms with Gasteiger partial charge in [0.2, 0.25) is 15.9 Å². The predicted octanol–water partition coefficient (Wildman–Crippen LogP) is 1.74. The van der Waals surface area contributed by atoms with Crippen molar-refractivity contribution in [1.29, 1.82) is 0 Å². The summed E-state index contributed by atoms with van der Waals surface area (Å²) in [7, 11) is -2.06. The van der Waals surface area contributed by atoms with E-state index in [2.05, 4.69) is 0 Å². The molecule has 3 unspecified atom stereocenters. The number of carbonyl (C=O) groups excluding carboxylic acids is 1. The van der Waals surface area contributed by atoms with E-state index in [1.807, 2.05) is 6.92 Å². The van der Waals surface area contributed by atoms with Gasteiger partial charge in [-0.3, -0.25) is 9.59 Å². The lowest BCUT2D eigenvalue weighted by atomic mass is 9.80. The van der Waals surface area contributed by atoms with Gasteiger partial charge in [-0.1, -0.05) is 18.6 Å². The summed E-state index contributed by atoms with van der Waals surface area (Å²) in [5, 5.41) is 14.3. The maximum absolute atomic E-state index is 12.7. The van der Waals surface area contributed by atoms with Crippen LogP contribution in [0.3, 0.4) is 0 Å². The molecule has 138 valence electrons. The summed E-state index contributed by atoms with van der Waals surface area (Å²) in [6.45, 7) is 1.85. The first-order valence-corrected chi connectivity index (χ1v) is 9.78. The molecule has 2 rings (SSSR count). The van der Waals surface area contributed by atoms with Gasteiger partial charge in [-0.05, 0) is 43.9 Å². The van der Waals surface area contributed by atoms with Crippen LogP contribution < -0.4 is 5.14 Å². The lowest BCUT2D eigenvalue weighted by Crippen LogP contribution is -2.38. The molecule has 0 saturated heterocycles. The summed E-state index contributed by atoms with van der Waals surface area (Å²) in [5.41, 5.74) is 0.786. The Hall–Kier alpha value is -1.93. The summed E-state index contributed by atoms with van der Waals surface area (Å²) < 4.78 is 22.6. The summed E-state index contributed by atoms with van der Waals surface area (Å²) >= 11 is 0. The summed E-state index contributed by atoms with van der Waals surface area (Å²) in [6, 6.07) is 5.85. The Morgan fingerprint density at radius 1 is 1.20 bits per heavy atom. The SMILES string of the molecule is CC(c1ccc(S(N)(=O)=O)cc1)N(C)C(=O)C1CCCC(C(=O)O)C1. The maximum atomic E-state index is 12.7. The van der Waals surface area contributed by atoms with E-state index in [1.165, 1.54) is 12.1 Å². The zero-order chi connectivity index (χ0) is 18.8. The fraction of sp³-hybridized carbons (Fsp3) is 0.529. The first-order valence-electron chi connectivity index (χ1n) is 8.23. The number of hydrogen-bond acceptors (Lipinski definition) is 4. The molecule has 8 heteroatoms. The second-order valence-electron chi connectivity index (χ2n) is 6.64. The number of carbonyl (C=O) groups is 2. The van der Waals surface area contributed by atoms with Crippen LogP contribution in [0, 0.1) is 11.8 Å². The third kappa shape index (κ3) is 4.58. The van der Waals surface area contributed by atoms with Crippen LogP contribution in [0.25, 0.3) is 0 Å². The molecule has 1 aliphatic carbocycles. The number of benzene rings is 1. The van der Waals surface area contributed by atoms with Gasteiger partial charge in [0.15, 0.2) is 0 Å². The van der Waals surface area contributed by atoms with Crippen LogP contribution in [0.1, 0.15) is 44.2 Å². The number of nitrogens with zero attached hydrogens (tertiary/aromatic N) is 1. The number of carboxylic acids is 1. The van der Waals surface area contributed by atoms with Crippen molar-refractivity contribution >= 4 is 21.9 Å². The van der Waals surface area contributed by atoms with E-state index in [0.29, 0.717) is 19.3 Å². The van der Waals surface area contributed by atoms with E-state index in [0.717, 1.165) is 12.0 Å². The van der Waals surface area contributed by atoms with Crippen molar-refractivity contribution in [2.24, 2.45) is 17.0 Å². The van der Waals surface area contributed by atoms with Gasteiger partial charge < -0.3 is 10.0 Å². The Bertz CT molecular complexity index is 745. The lowest BCUT2D eigenvalue weighted by Gasteiger charge is -2.32. The van der Waals surface area contributed by atoms with E-state index in [1.54, 1.807) is 24.1 Å². The molecule has 3 N–H and O–H groups in total. The van der Waals surface area contributed by atoms with Crippen LogP contribution >= 0.6 is 0 Å². The predicted molar refractivity (Wildman–Crippen MR) is 92.1 cm³/mol. The number of sulfonamides is 1. The van der Waals surface area contributed by atoms with Crippen LogP contribution in [0.2, 0.25) is 0 Å². The van der Waals surface area contributed by atoms with E-state index in [4.69, 9.17) is 5.14 Å². The quantitative estimate of drug-likeness (QED) is 0.821. The third-order valence-corrected chi connectivity index (χ3v) is 5.92. The number of carboxylic acid groups (broad SMARTS) is 1. The summed E-state index contributed by atoms with van der Waals surface area (Å²) in [5.74, 6) is -1.66. The summed E-state index contributed by atoms with van der Waals surface area (Å²) in [4.78, 5) is 25.5. The normalized spacial score (nSPS) is 22.2. The lowest BCUT2D eigenvalue weighted by molar-refractivity contribution is -0.145. The molecule has 0 aromatic heterocycles. The Morgan fingerprint density at radius 2 is 1.76 bits per heavy atom. The van der Waals surface area contributed by atoms with Crippen LogP contribution in [0.15, 0.2) is 29.2 Å². The number of hydrogen-bond donors (Lipinski definition) is 2. The number of rotatable bonds is 5. The smallest absolute Gasteiger partial charge is 0.306 e. The van der Waals surface area contributed by atoms with E-state index in [-0.39, 0.29) is 22.8 Å². The van der Waals surface area contributed by atoms with Crippen LogP contribution in [0.4, 0.5) is 0 Å².